The zero-order chi connectivity index (χ0) is 18.1. The molecule has 1 aliphatic heterocycles. The van der Waals surface area contributed by atoms with Crippen LogP contribution in [-0.4, -0.2) is 16.9 Å². The van der Waals surface area contributed by atoms with Gasteiger partial charge in [-0.1, -0.05) is 29.8 Å². The Bertz CT molecular complexity index is 936. The Labute approximate surface area is 156 Å². The van der Waals surface area contributed by atoms with Gasteiger partial charge in [-0.05, 0) is 43.2 Å². The minimum absolute atomic E-state index is 0.224. The van der Waals surface area contributed by atoms with Gasteiger partial charge in [-0.2, -0.15) is 0 Å². The van der Waals surface area contributed by atoms with Crippen LogP contribution in [0.15, 0.2) is 59.3 Å². The molecular weight excluding hydrogens is 350 g/mol. The highest BCUT2D eigenvalue weighted by molar-refractivity contribution is 6.29. The zero-order valence-corrected chi connectivity index (χ0v) is 15.0. The van der Waals surface area contributed by atoms with Crippen LogP contribution in [0.3, 0.4) is 0 Å². The summed E-state index contributed by atoms with van der Waals surface area (Å²) in [6, 6.07) is 13.8. The van der Waals surface area contributed by atoms with Crippen LogP contribution in [0.4, 0.5) is 11.4 Å². The second kappa shape index (κ2) is 6.84. The van der Waals surface area contributed by atoms with Gasteiger partial charge in [0.1, 0.15) is 10.9 Å². The molecule has 1 N–H and O–H groups in total. The monoisotopic (exact) mass is 367 g/mol. The van der Waals surface area contributed by atoms with E-state index in [9.17, 15) is 4.79 Å². The summed E-state index contributed by atoms with van der Waals surface area (Å²) < 4.78 is 5.63. The molecule has 4 rings (SSSR count). The largest absolute Gasteiger partial charge is 0.467 e. The summed E-state index contributed by atoms with van der Waals surface area (Å²) in [7, 11) is 0. The van der Waals surface area contributed by atoms with Crippen LogP contribution in [0.2, 0.25) is 5.15 Å². The number of hydrogen-bond donors (Lipinski definition) is 1. The molecule has 0 saturated heterocycles. The quantitative estimate of drug-likeness (QED) is 0.688. The minimum Gasteiger partial charge on any atom is -0.467 e. The topological polar surface area (TPSA) is 58.4 Å². The lowest BCUT2D eigenvalue weighted by Crippen LogP contribution is -2.29. The molecule has 0 fully saturated rings. The highest BCUT2D eigenvalue weighted by Gasteiger charge is 2.28. The average Bonchev–Trinajstić information content (AvgIpc) is 3.22. The number of carbonyl (C=O) groups is 1. The fourth-order valence-electron chi connectivity index (χ4n) is 3.34. The van der Waals surface area contributed by atoms with E-state index in [1.807, 2.05) is 6.07 Å². The van der Waals surface area contributed by atoms with Crippen LogP contribution in [-0.2, 0) is 13.0 Å². The molecule has 0 bridgehead atoms. The van der Waals surface area contributed by atoms with E-state index < -0.39 is 0 Å². The number of halogens is 1. The highest BCUT2D eigenvalue weighted by atomic mass is 35.5. The molecule has 1 aliphatic rings. The molecule has 2 aromatic heterocycles. The summed E-state index contributed by atoms with van der Waals surface area (Å²) in [5, 5.41) is 3.21. The number of fused-ring (bicyclic) bond motifs is 1. The fraction of sp³-hybridized carbons (Fsp3) is 0.200. The summed E-state index contributed by atoms with van der Waals surface area (Å²) in [5.41, 5.74) is 3.64. The van der Waals surface area contributed by atoms with Crippen LogP contribution in [0, 0.1) is 0 Å². The number of nitrogens with one attached hydrogen (secondary N) is 1. The van der Waals surface area contributed by atoms with E-state index in [1.54, 1.807) is 24.5 Å². The van der Waals surface area contributed by atoms with Crippen LogP contribution in [0.1, 0.15) is 28.6 Å². The van der Waals surface area contributed by atoms with Crippen molar-refractivity contribution in [1.82, 2.24) is 4.98 Å². The smallest absolute Gasteiger partial charge is 0.259 e. The third-order valence-corrected chi connectivity index (χ3v) is 4.86. The third-order valence-electron chi connectivity index (χ3n) is 4.64. The second-order valence-electron chi connectivity index (χ2n) is 6.39. The number of para-hydroxylation sites is 1. The van der Waals surface area contributed by atoms with Crippen molar-refractivity contribution in [2.45, 2.75) is 25.9 Å². The molecule has 0 aliphatic carbocycles. The molecular formula is C20H18ClN3O2. The lowest BCUT2D eigenvalue weighted by Gasteiger charge is -2.24. The van der Waals surface area contributed by atoms with E-state index >= 15 is 0 Å². The van der Waals surface area contributed by atoms with Gasteiger partial charge in [0.15, 0.2) is 0 Å². The SMILES string of the molecule is CC1Cc2ccccc2N1Cc1occc1C(=O)Nc1ccc(Cl)nc1. The molecule has 0 saturated carbocycles. The molecule has 1 aromatic carbocycles. The van der Waals surface area contributed by atoms with Gasteiger partial charge in [0.2, 0.25) is 0 Å². The van der Waals surface area contributed by atoms with Crippen LogP contribution < -0.4 is 10.2 Å². The van der Waals surface area contributed by atoms with Gasteiger partial charge in [-0.15, -0.1) is 0 Å². The van der Waals surface area contributed by atoms with Crippen molar-refractivity contribution in [2.75, 3.05) is 10.2 Å². The Kier molecular flexibility index (Phi) is 4.39. The number of furan rings is 1. The maximum Gasteiger partial charge on any atom is 0.259 e. The van der Waals surface area contributed by atoms with Crippen LogP contribution in [0.25, 0.3) is 0 Å². The average molecular weight is 368 g/mol. The first kappa shape index (κ1) is 16.7. The van der Waals surface area contributed by atoms with Crippen molar-refractivity contribution in [3.05, 3.63) is 77.0 Å². The summed E-state index contributed by atoms with van der Waals surface area (Å²) >= 11 is 5.78. The minimum atomic E-state index is -0.224. The second-order valence-corrected chi connectivity index (χ2v) is 6.78. The molecule has 3 aromatic rings. The van der Waals surface area contributed by atoms with E-state index in [2.05, 4.69) is 40.3 Å². The Balaban J connectivity index is 1.54. The molecule has 132 valence electrons. The van der Waals surface area contributed by atoms with E-state index in [-0.39, 0.29) is 5.91 Å². The summed E-state index contributed by atoms with van der Waals surface area (Å²) in [5.74, 6) is 0.422. The van der Waals surface area contributed by atoms with Gasteiger partial charge in [0.05, 0.1) is 30.3 Å². The van der Waals surface area contributed by atoms with Crippen molar-refractivity contribution in [3.63, 3.8) is 0 Å². The van der Waals surface area contributed by atoms with Gasteiger partial charge >= 0.3 is 0 Å². The molecule has 0 radical (unpaired) electrons. The molecule has 1 unspecified atom stereocenters. The molecule has 26 heavy (non-hydrogen) atoms. The molecule has 3 heterocycles. The van der Waals surface area contributed by atoms with Crippen molar-refractivity contribution in [3.8, 4) is 0 Å². The maximum absolute atomic E-state index is 12.6. The molecule has 1 atom stereocenters. The number of carbonyl (C=O) groups excluding carboxylic acids is 1. The number of rotatable bonds is 4. The van der Waals surface area contributed by atoms with E-state index in [4.69, 9.17) is 16.0 Å². The number of benzene rings is 1. The predicted molar refractivity (Wildman–Crippen MR) is 102 cm³/mol. The maximum atomic E-state index is 12.6. The molecule has 5 nitrogen and oxygen atoms in total. The summed E-state index contributed by atoms with van der Waals surface area (Å²) in [6.45, 7) is 2.73. The number of pyridine rings is 1. The number of nitrogens with zero attached hydrogens (tertiary/aromatic N) is 2. The third kappa shape index (κ3) is 3.18. The van der Waals surface area contributed by atoms with Crippen LogP contribution in [0.5, 0.6) is 0 Å². The van der Waals surface area contributed by atoms with Crippen molar-refractivity contribution < 1.29 is 9.21 Å². The number of hydrogen-bond acceptors (Lipinski definition) is 4. The highest BCUT2D eigenvalue weighted by Crippen LogP contribution is 2.33. The van der Waals surface area contributed by atoms with E-state index in [0.29, 0.717) is 34.8 Å². The van der Waals surface area contributed by atoms with E-state index in [1.165, 1.54) is 17.4 Å². The molecule has 0 spiro atoms. The Morgan fingerprint density at radius 2 is 2.15 bits per heavy atom. The van der Waals surface area contributed by atoms with Crippen molar-refractivity contribution >= 4 is 28.9 Å². The number of amides is 1. The lowest BCUT2D eigenvalue weighted by atomic mass is 10.1. The summed E-state index contributed by atoms with van der Waals surface area (Å²) in [4.78, 5) is 18.9. The van der Waals surface area contributed by atoms with Gasteiger partial charge in [0.25, 0.3) is 5.91 Å². The van der Waals surface area contributed by atoms with Gasteiger partial charge in [-0.25, -0.2) is 4.98 Å². The normalized spacial score (nSPS) is 15.8. The fourth-order valence-corrected chi connectivity index (χ4v) is 3.45. The Morgan fingerprint density at radius 1 is 1.31 bits per heavy atom. The Hall–Kier alpha value is -2.79. The number of anilines is 2. The molecule has 1 amide bonds. The van der Waals surface area contributed by atoms with Gasteiger partial charge < -0.3 is 14.6 Å². The first-order valence-corrected chi connectivity index (χ1v) is 8.83. The van der Waals surface area contributed by atoms with Gasteiger partial charge in [0, 0.05) is 11.7 Å². The van der Waals surface area contributed by atoms with Crippen molar-refractivity contribution in [1.29, 1.82) is 0 Å². The first-order valence-electron chi connectivity index (χ1n) is 8.45. The van der Waals surface area contributed by atoms with Crippen LogP contribution >= 0.6 is 11.6 Å². The number of aromatic nitrogens is 1. The molecule has 6 heteroatoms. The lowest BCUT2D eigenvalue weighted by molar-refractivity contribution is 0.102. The zero-order valence-electron chi connectivity index (χ0n) is 14.3. The van der Waals surface area contributed by atoms with Crippen molar-refractivity contribution in [2.24, 2.45) is 0 Å². The predicted octanol–water partition coefficient (Wildman–Crippen LogP) is 4.53. The standard InChI is InChI=1S/C20H18ClN3O2/c1-13-10-14-4-2-3-5-17(14)24(13)12-18-16(8-9-26-18)20(25)23-15-6-7-19(21)22-11-15/h2-9,11,13H,10,12H2,1H3,(H,23,25). The Morgan fingerprint density at radius 3 is 2.96 bits per heavy atom. The summed E-state index contributed by atoms with van der Waals surface area (Å²) in [6.07, 6.45) is 4.07. The first-order chi connectivity index (χ1) is 12.6. The van der Waals surface area contributed by atoms with E-state index in [0.717, 1.165) is 6.42 Å². The van der Waals surface area contributed by atoms with Gasteiger partial charge in [-0.3, -0.25) is 4.79 Å².